The van der Waals surface area contributed by atoms with Gasteiger partial charge < -0.3 is 5.73 Å². The number of pyridine rings is 1. The van der Waals surface area contributed by atoms with Crippen molar-refractivity contribution in [2.75, 3.05) is 0 Å². The van der Waals surface area contributed by atoms with Crippen LogP contribution in [0.3, 0.4) is 0 Å². The SMILES string of the molecule is Cl.N=C(N)c1ncc(Br)cc1F. The van der Waals surface area contributed by atoms with Gasteiger partial charge in [0.05, 0.1) is 0 Å². The average Bonchev–Trinajstić information content (AvgIpc) is 1.85. The van der Waals surface area contributed by atoms with Gasteiger partial charge in [0, 0.05) is 10.7 Å². The lowest BCUT2D eigenvalue weighted by molar-refractivity contribution is 0.616. The van der Waals surface area contributed by atoms with Crippen LogP contribution in [0.4, 0.5) is 4.39 Å². The molecule has 0 saturated carbocycles. The normalized spacial score (nSPS) is 8.83. The Kier molecular flexibility index (Phi) is 4.12. The summed E-state index contributed by atoms with van der Waals surface area (Å²) >= 11 is 3.03. The van der Waals surface area contributed by atoms with Crippen LogP contribution in [0.15, 0.2) is 16.7 Å². The molecular weight excluding hydrogens is 248 g/mol. The zero-order valence-electron chi connectivity index (χ0n) is 5.84. The van der Waals surface area contributed by atoms with Crippen LogP contribution in [-0.2, 0) is 0 Å². The molecule has 6 heteroatoms. The quantitative estimate of drug-likeness (QED) is 0.592. The number of amidine groups is 1. The van der Waals surface area contributed by atoms with Gasteiger partial charge in [-0.25, -0.2) is 9.37 Å². The number of nitrogens with two attached hydrogens (primary N) is 1. The molecule has 1 heterocycles. The van der Waals surface area contributed by atoms with E-state index in [0.29, 0.717) is 4.47 Å². The first-order valence-electron chi connectivity index (χ1n) is 2.76. The second-order valence-electron chi connectivity index (χ2n) is 1.90. The Morgan fingerprint density at radius 3 is 2.67 bits per heavy atom. The van der Waals surface area contributed by atoms with E-state index in [1.807, 2.05) is 0 Å². The van der Waals surface area contributed by atoms with Crippen molar-refractivity contribution < 1.29 is 4.39 Å². The molecule has 0 aromatic carbocycles. The lowest BCUT2D eigenvalue weighted by Gasteiger charge is -1.98. The van der Waals surface area contributed by atoms with Crippen molar-refractivity contribution >= 4 is 34.2 Å². The predicted octanol–water partition coefficient (Wildman–Crippen LogP) is 1.69. The fraction of sp³-hybridized carbons (Fsp3) is 0. The van der Waals surface area contributed by atoms with Gasteiger partial charge in [0.15, 0.2) is 5.82 Å². The second-order valence-corrected chi connectivity index (χ2v) is 2.81. The topological polar surface area (TPSA) is 62.8 Å². The van der Waals surface area contributed by atoms with E-state index in [-0.39, 0.29) is 23.9 Å². The van der Waals surface area contributed by atoms with Crippen LogP contribution in [0, 0.1) is 11.2 Å². The molecule has 0 aliphatic heterocycles. The van der Waals surface area contributed by atoms with Crippen molar-refractivity contribution in [3.05, 3.63) is 28.2 Å². The predicted molar refractivity (Wildman–Crippen MR) is 50.2 cm³/mol. The summed E-state index contributed by atoms with van der Waals surface area (Å²) in [5, 5.41) is 6.91. The standard InChI is InChI=1S/C6H5BrFN3.ClH/c7-3-1-4(8)5(6(9)10)11-2-3;/h1-2H,(H3,9,10);1H. The summed E-state index contributed by atoms with van der Waals surface area (Å²) < 4.78 is 13.3. The molecule has 0 amide bonds. The summed E-state index contributed by atoms with van der Waals surface area (Å²) in [7, 11) is 0. The van der Waals surface area contributed by atoms with Gasteiger partial charge in [-0.3, -0.25) is 5.41 Å². The summed E-state index contributed by atoms with van der Waals surface area (Å²) in [4.78, 5) is 3.61. The zero-order valence-corrected chi connectivity index (χ0v) is 8.25. The summed E-state index contributed by atoms with van der Waals surface area (Å²) in [5.74, 6) is -0.957. The number of halogens is 3. The molecule has 0 saturated heterocycles. The monoisotopic (exact) mass is 253 g/mol. The highest BCUT2D eigenvalue weighted by Gasteiger charge is 2.05. The summed E-state index contributed by atoms with van der Waals surface area (Å²) in [6.45, 7) is 0. The van der Waals surface area contributed by atoms with Gasteiger partial charge in [0.2, 0.25) is 0 Å². The van der Waals surface area contributed by atoms with E-state index in [4.69, 9.17) is 11.1 Å². The average molecular weight is 254 g/mol. The molecular formula is C6H6BrClFN3. The van der Waals surface area contributed by atoms with E-state index in [0.717, 1.165) is 0 Å². The molecule has 1 rings (SSSR count). The second kappa shape index (κ2) is 4.37. The Hall–Kier alpha value is -0.680. The maximum Gasteiger partial charge on any atom is 0.153 e. The zero-order chi connectivity index (χ0) is 8.43. The number of hydrogen-bond acceptors (Lipinski definition) is 2. The number of nitrogen functional groups attached to an aromatic ring is 1. The van der Waals surface area contributed by atoms with Crippen molar-refractivity contribution in [2.24, 2.45) is 5.73 Å². The third kappa shape index (κ3) is 2.42. The molecule has 0 aliphatic rings. The van der Waals surface area contributed by atoms with Crippen LogP contribution in [0.2, 0.25) is 0 Å². The minimum atomic E-state index is -0.591. The van der Waals surface area contributed by atoms with Crippen LogP contribution in [0.25, 0.3) is 0 Å². The fourth-order valence-corrected chi connectivity index (χ4v) is 0.916. The molecule has 3 nitrogen and oxygen atoms in total. The van der Waals surface area contributed by atoms with Crippen LogP contribution in [-0.4, -0.2) is 10.8 Å². The van der Waals surface area contributed by atoms with E-state index >= 15 is 0 Å². The molecule has 12 heavy (non-hydrogen) atoms. The molecule has 0 spiro atoms. The van der Waals surface area contributed by atoms with Gasteiger partial charge in [0.1, 0.15) is 11.5 Å². The van der Waals surface area contributed by atoms with Gasteiger partial charge in [-0.2, -0.15) is 0 Å². The first-order chi connectivity index (χ1) is 5.11. The van der Waals surface area contributed by atoms with E-state index in [1.165, 1.54) is 12.3 Å². The van der Waals surface area contributed by atoms with E-state index in [1.54, 1.807) is 0 Å². The maximum absolute atomic E-state index is 12.8. The minimum Gasteiger partial charge on any atom is -0.382 e. The first kappa shape index (κ1) is 11.3. The highest BCUT2D eigenvalue weighted by molar-refractivity contribution is 9.10. The number of nitrogens with zero attached hydrogens (tertiary/aromatic N) is 1. The molecule has 0 aliphatic carbocycles. The molecule has 1 aromatic heterocycles. The number of rotatable bonds is 1. The first-order valence-corrected chi connectivity index (χ1v) is 3.56. The Balaban J connectivity index is 0.00000121. The summed E-state index contributed by atoms with van der Waals surface area (Å²) in [6.07, 6.45) is 1.39. The highest BCUT2D eigenvalue weighted by atomic mass is 79.9. The molecule has 1 aromatic rings. The smallest absolute Gasteiger partial charge is 0.153 e. The van der Waals surface area contributed by atoms with Gasteiger partial charge in [-0.05, 0) is 22.0 Å². The van der Waals surface area contributed by atoms with Gasteiger partial charge >= 0.3 is 0 Å². The summed E-state index contributed by atoms with van der Waals surface area (Å²) in [5.41, 5.74) is 4.91. The summed E-state index contributed by atoms with van der Waals surface area (Å²) in [6, 6.07) is 1.21. The van der Waals surface area contributed by atoms with Gasteiger partial charge in [0.25, 0.3) is 0 Å². The van der Waals surface area contributed by atoms with Crippen molar-refractivity contribution in [3.63, 3.8) is 0 Å². The number of nitrogens with one attached hydrogen (secondary N) is 1. The molecule has 0 unspecified atom stereocenters. The van der Waals surface area contributed by atoms with Crippen LogP contribution >= 0.6 is 28.3 Å². The number of aromatic nitrogens is 1. The van der Waals surface area contributed by atoms with Crippen LogP contribution in [0.5, 0.6) is 0 Å². The molecule has 0 fully saturated rings. The molecule has 66 valence electrons. The molecule has 0 atom stereocenters. The highest BCUT2D eigenvalue weighted by Crippen LogP contribution is 2.11. The Morgan fingerprint density at radius 1 is 1.67 bits per heavy atom. The molecule has 0 radical (unpaired) electrons. The Bertz CT molecular complexity index is 305. The number of hydrogen-bond donors (Lipinski definition) is 2. The van der Waals surface area contributed by atoms with Crippen molar-refractivity contribution in [1.82, 2.24) is 4.98 Å². The van der Waals surface area contributed by atoms with E-state index in [9.17, 15) is 4.39 Å². The van der Waals surface area contributed by atoms with Gasteiger partial charge in [-0.15, -0.1) is 12.4 Å². The van der Waals surface area contributed by atoms with Gasteiger partial charge in [-0.1, -0.05) is 0 Å². The van der Waals surface area contributed by atoms with E-state index in [2.05, 4.69) is 20.9 Å². The third-order valence-electron chi connectivity index (χ3n) is 1.06. The lowest BCUT2D eigenvalue weighted by atomic mass is 10.3. The maximum atomic E-state index is 12.8. The van der Waals surface area contributed by atoms with Crippen molar-refractivity contribution in [2.45, 2.75) is 0 Å². The van der Waals surface area contributed by atoms with E-state index < -0.39 is 5.82 Å². The molecule has 3 N–H and O–H groups in total. The third-order valence-corrected chi connectivity index (χ3v) is 1.50. The van der Waals surface area contributed by atoms with Crippen molar-refractivity contribution in [1.29, 1.82) is 5.41 Å². The van der Waals surface area contributed by atoms with Crippen LogP contribution in [0.1, 0.15) is 5.69 Å². The van der Waals surface area contributed by atoms with Crippen LogP contribution < -0.4 is 5.73 Å². The lowest BCUT2D eigenvalue weighted by Crippen LogP contribution is -2.15. The largest absolute Gasteiger partial charge is 0.382 e. The Morgan fingerprint density at radius 2 is 2.25 bits per heavy atom. The minimum absolute atomic E-state index is 0. The molecule has 0 bridgehead atoms. The van der Waals surface area contributed by atoms with Crippen molar-refractivity contribution in [3.8, 4) is 0 Å². The fourth-order valence-electron chi connectivity index (χ4n) is 0.613. The Labute approximate surface area is 83.2 Å².